The van der Waals surface area contributed by atoms with Crippen molar-refractivity contribution in [3.8, 4) is 0 Å². The van der Waals surface area contributed by atoms with Crippen LogP contribution in [0.5, 0.6) is 0 Å². The number of nitrogens with zero attached hydrogens (tertiary/aromatic N) is 5. The van der Waals surface area contributed by atoms with Gasteiger partial charge in [-0.15, -0.1) is 0 Å². The summed E-state index contributed by atoms with van der Waals surface area (Å²) in [5.74, 6) is 0. The van der Waals surface area contributed by atoms with E-state index < -0.39 is 15.6 Å². The molecule has 9 nitrogen and oxygen atoms in total. The molecule has 0 bridgehead atoms. The molecule has 1 atom stereocenters. The Hall–Kier alpha value is -2.01. The number of piperazine rings is 1. The Labute approximate surface area is 170 Å². The van der Waals surface area contributed by atoms with Crippen LogP contribution >= 0.6 is 0 Å². The van der Waals surface area contributed by atoms with Crippen LogP contribution in [0, 0.1) is 0 Å². The molecular formula is C19H27N5O4S. The number of sulfonamides is 1. The smallest absolute Gasteiger partial charge is 0.260 e. The van der Waals surface area contributed by atoms with Gasteiger partial charge in [-0.05, 0) is 24.6 Å². The van der Waals surface area contributed by atoms with Crippen molar-refractivity contribution in [3.05, 3.63) is 34.9 Å². The van der Waals surface area contributed by atoms with Crippen LogP contribution in [-0.2, 0) is 17.1 Å². The molecule has 1 aromatic carbocycles. The van der Waals surface area contributed by atoms with Crippen LogP contribution in [0.25, 0.3) is 10.9 Å². The number of aliphatic hydroxyl groups is 1. The highest BCUT2D eigenvalue weighted by molar-refractivity contribution is 7.88. The molecule has 4 rings (SSSR count). The van der Waals surface area contributed by atoms with Gasteiger partial charge in [-0.1, -0.05) is 0 Å². The summed E-state index contributed by atoms with van der Waals surface area (Å²) in [6.45, 7) is 4.16. The number of benzene rings is 1. The zero-order valence-electron chi connectivity index (χ0n) is 16.8. The minimum absolute atomic E-state index is 0.0562. The SMILES string of the molecule is Cn1cnc2cc(N3CCN(CC4(O)CCN(S(C)(=O)=O)C4)CC3)ccc2c1=O. The number of β-amino-alcohol motifs (C(OH)–C–C–N with tert-alkyl or cyclic N) is 1. The van der Waals surface area contributed by atoms with Gasteiger partial charge in [0.2, 0.25) is 10.0 Å². The van der Waals surface area contributed by atoms with Crippen molar-refractivity contribution in [2.75, 3.05) is 57.0 Å². The van der Waals surface area contributed by atoms with Gasteiger partial charge in [0.1, 0.15) is 0 Å². The molecule has 0 saturated carbocycles. The largest absolute Gasteiger partial charge is 0.387 e. The van der Waals surface area contributed by atoms with E-state index in [1.165, 1.54) is 21.5 Å². The zero-order chi connectivity index (χ0) is 20.8. The Morgan fingerprint density at radius 3 is 2.55 bits per heavy atom. The summed E-state index contributed by atoms with van der Waals surface area (Å²) in [7, 11) is -1.58. The van der Waals surface area contributed by atoms with E-state index in [1.54, 1.807) is 7.05 Å². The average molecular weight is 422 g/mol. The molecule has 158 valence electrons. The minimum Gasteiger partial charge on any atom is -0.387 e. The van der Waals surface area contributed by atoms with Crippen molar-refractivity contribution in [3.63, 3.8) is 0 Å². The quantitative estimate of drug-likeness (QED) is 0.707. The number of hydrogen-bond donors (Lipinski definition) is 1. The summed E-state index contributed by atoms with van der Waals surface area (Å²) in [5.41, 5.74) is 0.673. The Balaban J connectivity index is 1.39. The molecule has 0 spiro atoms. The monoisotopic (exact) mass is 421 g/mol. The predicted molar refractivity (Wildman–Crippen MR) is 112 cm³/mol. The second-order valence-corrected chi connectivity index (χ2v) is 10.2. The summed E-state index contributed by atoms with van der Waals surface area (Å²) in [6.07, 6.45) is 3.19. The molecule has 1 aromatic heterocycles. The van der Waals surface area contributed by atoms with Crippen molar-refractivity contribution in [1.82, 2.24) is 18.8 Å². The summed E-state index contributed by atoms with van der Waals surface area (Å²) in [5, 5.41) is 11.4. The third kappa shape index (κ3) is 4.16. The Morgan fingerprint density at radius 1 is 1.17 bits per heavy atom. The maximum atomic E-state index is 12.2. The van der Waals surface area contributed by atoms with E-state index in [-0.39, 0.29) is 12.1 Å². The van der Waals surface area contributed by atoms with E-state index in [0.717, 1.165) is 31.9 Å². The zero-order valence-corrected chi connectivity index (χ0v) is 17.6. The van der Waals surface area contributed by atoms with Gasteiger partial charge in [-0.2, -0.15) is 4.31 Å². The fourth-order valence-electron chi connectivity index (χ4n) is 4.21. The third-order valence-corrected chi connectivity index (χ3v) is 7.17. The van der Waals surface area contributed by atoms with E-state index >= 15 is 0 Å². The normalized spacial score (nSPS) is 24.4. The van der Waals surface area contributed by atoms with Crippen LogP contribution in [0.15, 0.2) is 29.3 Å². The lowest BCUT2D eigenvalue weighted by Gasteiger charge is -2.39. The van der Waals surface area contributed by atoms with Gasteiger partial charge in [0.05, 0.1) is 29.1 Å². The van der Waals surface area contributed by atoms with Gasteiger partial charge < -0.3 is 14.6 Å². The molecule has 2 aromatic rings. The first-order chi connectivity index (χ1) is 13.6. The maximum Gasteiger partial charge on any atom is 0.260 e. The minimum atomic E-state index is -3.27. The van der Waals surface area contributed by atoms with E-state index in [1.807, 2.05) is 18.2 Å². The molecule has 0 radical (unpaired) electrons. The van der Waals surface area contributed by atoms with Crippen molar-refractivity contribution in [2.24, 2.45) is 7.05 Å². The number of fused-ring (bicyclic) bond motifs is 1. The molecule has 2 fully saturated rings. The van der Waals surface area contributed by atoms with Gasteiger partial charge >= 0.3 is 0 Å². The second kappa shape index (κ2) is 7.35. The maximum absolute atomic E-state index is 12.2. The standard InChI is InChI=1S/C19H27N5O4S/c1-21-14-20-17-11-15(3-4-16(17)18(21)25)23-9-7-22(8-10-23)12-19(26)5-6-24(13-19)29(2,27)28/h3-4,11,14,26H,5-10,12-13H2,1-2H3. The van der Waals surface area contributed by atoms with Crippen LogP contribution in [0.2, 0.25) is 0 Å². The van der Waals surface area contributed by atoms with E-state index in [4.69, 9.17) is 0 Å². The van der Waals surface area contributed by atoms with Crippen LogP contribution in [0.3, 0.4) is 0 Å². The van der Waals surface area contributed by atoms with Crippen LogP contribution < -0.4 is 10.5 Å². The molecule has 3 heterocycles. The first kappa shape index (κ1) is 20.3. The van der Waals surface area contributed by atoms with Gasteiger partial charge in [0, 0.05) is 58.5 Å². The predicted octanol–water partition coefficient (Wildman–Crippen LogP) is -0.548. The first-order valence-electron chi connectivity index (χ1n) is 9.75. The van der Waals surface area contributed by atoms with Gasteiger partial charge in [0.15, 0.2) is 0 Å². The highest BCUT2D eigenvalue weighted by Crippen LogP contribution is 2.26. The Bertz CT molecular complexity index is 1080. The van der Waals surface area contributed by atoms with Crippen molar-refractivity contribution < 1.29 is 13.5 Å². The summed E-state index contributed by atoms with van der Waals surface area (Å²) in [6, 6.07) is 5.73. The lowest BCUT2D eigenvalue weighted by Crippen LogP contribution is -2.53. The number of aryl methyl sites for hydroxylation is 1. The number of rotatable bonds is 4. The highest BCUT2D eigenvalue weighted by atomic mass is 32.2. The topological polar surface area (TPSA) is 99.0 Å². The van der Waals surface area contributed by atoms with Crippen LogP contribution in [0.4, 0.5) is 5.69 Å². The van der Waals surface area contributed by atoms with Crippen LogP contribution in [-0.4, -0.2) is 90.0 Å². The number of anilines is 1. The van der Waals surface area contributed by atoms with Crippen molar-refractivity contribution >= 4 is 26.6 Å². The molecule has 2 aliphatic heterocycles. The van der Waals surface area contributed by atoms with Gasteiger partial charge in [0.25, 0.3) is 5.56 Å². The second-order valence-electron chi connectivity index (χ2n) is 8.20. The molecule has 0 amide bonds. The summed E-state index contributed by atoms with van der Waals surface area (Å²) in [4.78, 5) is 21.0. The molecule has 2 aliphatic rings. The molecule has 29 heavy (non-hydrogen) atoms. The average Bonchev–Trinajstić information content (AvgIpc) is 3.07. The van der Waals surface area contributed by atoms with E-state index in [9.17, 15) is 18.3 Å². The summed E-state index contributed by atoms with van der Waals surface area (Å²) < 4.78 is 26.3. The number of hydrogen-bond acceptors (Lipinski definition) is 7. The molecule has 2 saturated heterocycles. The fraction of sp³-hybridized carbons (Fsp3) is 0.579. The van der Waals surface area contributed by atoms with Gasteiger partial charge in [-0.3, -0.25) is 9.69 Å². The number of aromatic nitrogens is 2. The highest BCUT2D eigenvalue weighted by Gasteiger charge is 2.41. The first-order valence-corrected chi connectivity index (χ1v) is 11.6. The molecular weight excluding hydrogens is 394 g/mol. The Morgan fingerprint density at radius 2 is 1.90 bits per heavy atom. The molecule has 0 aliphatic carbocycles. The lowest BCUT2D eigenvalue weighted by molar-refractivity contribution is 0.0152. The van der Waals surface area contributed by atoms with Gasteiger partial charge in [-0.25, -0.2) is 13.4 Å². The molecule has 1 unspecified atom stereocenters. The molecule has 1 N–H and O–H groups in total. The third-order valence-electron chi connectivity index (χ3n) is 5.92. The lowest BCUT2D eigenvalue weighted by atomic mass is 10.0. The fourth-order valence-corrected chi connectivity index (χ4v) is 5.11. The summed E-state index contributed by atoms with van der Waals surface area (Å²) >= 11 is 0. The van der Waals surface area contributed by atoms with Crippen LogP contribution in [0.1, 0.15) is 6.42 Å². The van der Waals surface area contributed by atoms with E-state index in [0.29, 0.717) is 30.4 Å². The van der Waals surface area contributed by atoms with E-state index in [2.05, 4.69) is 14.8 Å². The molecule has 10 heteroatoms. The van der Waals surface area contributed by atoms with Crippen molar-refractivity contribution in [1.29, 1.82) is 0 Å². The Kier molecular flexibility index (Phi) is 5.14. The van der Waals surface area contributed by atoms with Crippen molar-refractivity contribution in [2.45, 2.75) is 12.0 Å².